The molecule has 1 spiro atoms. The van der Waals surface area contributed by atoms with Gasteiger partial charge >= 0.3 is 6.18 Å². The highest BCUT2D eigenvalue weighted by Crippen LogP contribution is 2.36. The predicted octanol–water partition coefficient (Wildman–Crippen LogP) is 2.90. The van der Waals surface area contributed by atoms with Gasteiger partial charge in [0.2, 0.25) is 10.0 Å². The summed E-state index contributed by atoms with van der Waals surface area (Å²) in [5.74, 6) is 0.698. The van der Waals surface area contributed by atoms with E-state index in [2.05, 4.69) is 5.32 Å². The first-order chi connectivity index (χ1) is 18.4. The monoisotopic (exact) mass is 590 g/mol. The third-order valence-corrected chi connectivity index (χ3v) is 10.5. The molecule has 4 rings (SSSR count). The number of benzene rings is 1. The van der Waals surface area contributed by atoms with Crippen molar-refractivity contribution in [2.75, 3.05) is 33.3 Å². The van der Waals surface area contributed by atoms with Crippen LogP contribution in [0.3, 0.4) is 0 Å². The van der Waals surface area contributed by atoms with Crippen LogP contribution in [0.15, 0.2) is 33.5 Å². The van der Waals surface area contributed by atoms with E-state index in [0.717, 1.165) is 53.6 Å². The molecule has 2 aliphatic heterocycles. The smallest absolute Gasteiger partial charge is 0.395 e. The van der Waals surface area contributed by atoms with Gasteiger partial charge in [0.15, 0.2) is 0 Å². The molecule has 3 aliphatic rings. The minimum Gasteiger partial charge on any atom is -0.395 e. The number of aliphatic hydroxyl groups is 1. The molecular weight excluding hydrogens is 557 g/mol. The Balaban J connectivity index is 1.48. The summed E-state index contributed by atoms with van der Waals surface area (Å²) in [4.78, 5) is 17.4. The van der Waals surface area contributed by atoms with Gasteiger partial charge in [-0.3, -0.25) is 9.79 Å². The van der Waals surface area contributed by atoms with Crippen LogP contribution in [0, 0.1) is 5.92 Å². The lowest BCUT2D eigenvalue weighted by Crippen LogP contribution is -2.50. The number of amidine groups is 1. The van der Waals surface area contributed by atoms with Crippen molar-refractivity contribution in [2.45, 2.75) is 61.6 Å². The number of hydrogen-bond donors (Lipinski definition) is 2. The lowest BCUT2D eigenvalue weighted by Gasteiger charge is -2.34. The van der Waals surface area contributed by atoms with E-state index in [1.165, 1.54) is 23.8 Å². The van der Waals surface area contributed by atoms with Crippen LogP contribution in [-0.4, -0.2) is 76.9 Å². The zero-order valence-corrected chi connectivity index (χ0v) is 23.2. The number of alkyl halides is 3. The Labute approximate surface area is 228 Å². The molecule has 1 amide bonds. The summed E-state index contributed by atoms with van der Waals surface area (Å²) >= 11 is 0. The second kappa shape index (κ2) is 11.8. The maximum atomic E-state index is 13.8. The molecule has 9 nitrogen and oxygen atoms in total. The molecule has 1 aromatic carbocycles. The number of aliphatic imine (C=N–C) groups is 1. The Morgan fingerprint density at radius 1 is 1.23 bits per heavy atom. The number of carbonyl (C=O) groups excluding carboxylic acids is 1. The summed E-state index contributed by atoms with van der Waals surface area (Å²) in [6, 6.07) is 3.03. The second-order valence-corrected chi connectivity index (χ2v) is 13.5. The fourth-order valence-electron chi connectivity index (χ4n) is 5.24. The molecule has 1 aliphatic carbocycles. The molecule has 2 N–H and O–H groups in total. The average molecular weight is 591 g/mol. The number of nitrogens with zero attached hydrogens (tertiary/aromatic N) is 3. The van der Waals surface area contributed by atoms with Crippen LogP contribution < -0.4 is 5.32 Å². The highest BCUT2D eigenvalue weighted by atomic mass is 32.2. The Morgan fingerprint density at radius 3 is 2.51 bits per heavy atom. The molecule has 39 heavy (non-hydrogen) atoms. The molecule has 0 radical (unpaired) electrons. The third kappa shape index (κ3) is 6.62. The summed E-state index contributed by atoms with van der Waals surface area (Å²) in [7, 11) is -4.62. The molecule has 0 aromatic heterocycles. The maximum absolute atomic E-state index is 13.8. The van der Waals surface area contributed by atoms with Crippen LogP contribution in [0.25, 0.3) is 6.08 Å². The van der Waals surface area contributed by atoms with Gasteiger partial charge in [-0.25, -0.2) is 16.9 Å². The Hall–Kier alpha value is -2.13. The van der Waals surface area contributed by atoms with Gasteiger partial charge in [-0.05, 0) is 49.5 Å². The largest absolute Gasteiger partial charge is 0.417 e. The van der Waals surface area contributed by atoms with E-state index < -0.39 is 38.3 Å². The SMILES string of the molecule is CN(CCO)S(=O)c1ccc(/C=C/S(=O)(=O)N2CCC3(CC2)N=C(C2CCCCC2)NC3=O)c(C(F)(F)F)c1. The standard InChI is InChI=1S/C25H33F3N4O5S2/c1-31(14-15-33)38(35)20-8-7-18(21(17-20)25(26,27)28)9-16-39(36,37)32-12-10-24(11-13-32)23(34)29-22(30-24)19-5-3-2-4-6-19/h7-9,16-17,19,33H,2-6,10-15H2,1H3,(H,29,30,34)/b16-9+. The molecule has 1 aromatic rings. The number of aliphatic hydroxyl groups excluding tert-OH is 1. The molecule has 1 saturated carbocycles. The second-order valence-electron chi connectivity index (χ2n) is 10.1. The van der Waals surface area contributed by atoms with Crippen molar-refractivity contribution in [3.8, 4) is 0 Å². The number of nitrogens with one attached hydrogen (secondary N) is 1. The molecular formula is C25H33F3N4O5S2. The molecule has 216 valence electrons. The highest BCUT2D eigenvalue weighted by Gasteiger charge is 2.48. The van der Waals surface area contributed by atoms with E-state index in [0.29, 0.717) is 5.84 Å². The van der Waals surface area contributed by atoms with Crippen molar-refractivity contribution in [2.24, 2.45) is 10.9 Å². The van der Waals surface area contributed by atoms with E-state index in [1.807, 2.05) is 0 Å². The van der Waals surface area contributed by atoms with Crippen LogP contribution in [-0.2, 0) is 32.0 Å². The van der Waals surface area contributed by atoms with E-state index in [9.17, 15) is 30.6 Å². The predicted molar refractivity (Wildman–Crippen MR) is 141 cm³/mol. The summed E-state index contributed by atoms with van der Waals surface area (Å²) in [5.41, 5.74) is -2.51. The van der Waals surface area contributed by atoms with Crippen molar-refractivity contribution in [3.05, 3.63) is 34.7 Å². The van der Waals surface area contributed by atoms with Gasteiger partial charge in [0.1, 0.15) is 22.4 Å². The minimum atomic E-state index is -4.82. The number of hydrogen-bond acceptors (Lipinski definition) is 6. The van der Waals surface area contributed by atoms with E-state index in [1.54, 1.807) is 0 Å². The van der Waals surface area contributed by atoms with E-state index in [-0.39, 0.29) is 61.4 Å². The number of piperidine rings is 1. The molecule has 1 saturated heterocycles. The number of sulfonamides is 1. The zero-order valence-electron chi connectivity index (χ0n) is 21.6. The maximum Gasteiger partial charge on any atom is 0.417 e. The van der Waals surface area contributed by atoms with Gasteiger partial charge in [0.05, 0.1) is 17.1 Å². The first-order valence-electron chi connectivity index (χ1n) is 12.9. The summed E-state index contributed by atoms with van der Waals surface area (Å²) < 4.78 is 82.2. The molecule has 2 fully saturated rings. The molecule has 14 heteroatoms. The van der Waals surface area contributed by atoms with Gasteiger partial charge in [-0.1, -0.05) is 25.3 Å². The summed E-state index contributed by atoms with van der Waals surface area (Å²) in [5, 5.41) is 12.6. The van der Waals surface area contributed by atoms with Crippen molar-refractivity contribution < 1.29 is 35.7 Å². The van der Waals surface area contributed by atoms with E-state index >= 15 is 0 Å². The molecule has 0 bridgehead atoms. The van der Waals surface area contributed by atoms with Gasteiger partial charge in [0, 0.05) is 38.0 Å². The highest BCUT2D eigenvalue weighted by molar-refractivity contribution is 7.92. The Morgan fingerprint density at radius 2 is 1.90 bits per heavy atom. The summed E-state index contributed by atoms with van der Waals surface area (Å²) in [6.45, 7) is -0.283. The fourth-order valence-corrected chi connectivity index (χ4v) is 7.44. The number of carbonyl (C=O) groups is 1. The minimum absolute atomic E-state index is 0.000154. The van der Waals surface area contributed by atoms with Crippen LogP contribution in [0.5, 0.6) is 0 Å². The number of halogens is 3. The van der Waals surface area contributed by atoms with Crippen LogP contribution in [0.1, 0.15) is 56.1 Å². The molecule has 1 unspecified atom stereocenters. The first-order valence-corrected chi connectivity index (χ1v) is 15.5. The van der Waals surface area contributed by atoms with E-state index in [4.69, 9.17) is 10.1 Å². The van der Waals surface area contributed by atoms with Crippen molar-refractivity contribution >= 4 is 38.8 Å². The van der Waals surface area contributed by atoms with Crippen molar-refractivity contribution in [3.63, 3.8) is 0 Å². The quantitative estimate of drug-likeness (QED) is 0.483. The van der Waals surface area contributed by atoms with Gasteiger partial charge in [0.25, 0.3) is 5.91 Å². The van der Waals surface area contributed by atoms with Gasteiger partial charge < -0.3 is 10.4 Å². The number of rotatable bonds is 8. The topological polar surface area (TPSA) is 119 Å². The average Bonchev–Trinajstić information content (AvgIpc) is 3.22. The number of likely N-dealkylation sites (N-methyl/N-ethyl adjacent to an activating group) is 1. The van der Waals surface area contributed by atoms with Gasteiger partial charge in [-0.2, -0.15) is 17.5 Å². The van der Waals surface area contributed by atoms with Crippen LogP contribution >= 0.6 is 0 Å². The lowest BCUT2D eigenvalue weighted by atomic mass is 9.88. The van der Waals surface area contributed by atoms with Crippen molar-refractivity contribution in [1.82, 2.24) is 13.9 Å². The first kappa shape index (κ1) is 29.8. The van der Waals surface area contributed by atoms with Gasteiger partial charge in [-0.15, -0.1) is 0 Å². The zero-order chi connectivity index (χ0) is 28.4. The Bertz CT molecular complexity index is 1270. The Kier molecular flexibility index (Phi) is 9.01. The van der Waals surface area contributed by atoms with Crippen LogP contribution in [0.2, 0.25) is 0 Å². The lowest BCUT2D eigenvalue weighted by molar-refractivity contribution is -0.137. The molecule has 1 atom stereocenters. The van der Waals surface area contributed by atoms with Crippen molar-refractivity contribution in [1.29, 1.82) is 0 Å². The normalized spacial score (nSPS) is 22.0. The van der Waals surface area contributed by atoms with Crippen LogP contribution in [0.4, 0.5) is 13.2 Å². The summed E-state index contributed by atoms with van der Waals surface area (Å²) in [6.07, 6.45) is 1.72. The fraction of sp³-hybridized carbons (Fsp3) is 0.600. The number of amides is 1. The molecule has 2 heterocycles. The third-order valence-electron chi connectivity index (χ3n) is 7.55.